The van der Waals surface area contributed by atoms with E-state index in [2.05, 4.69) is 258 Å². The first-order valence-corrected chi connectivity index (χ1v) is 25.2. The molecule has 0 unspecified atom stereocenters. The highest BCUT2D eigenvalue weighted by atomic mass is 16.5. The molecule has 2 heterocycles. The van der Waals surface area contributed by atoms with Gasteiger partial charge in [0.05, 0.1) is 0 Å². The first-order valence-electron chi connectivity index (χ1n) is 25.2. The van der Waals surface area contributed by atoms with Crippen molar-refractivity contribution in [2.24, 2.45) is 0 Å². The van der Waals surface area contributed by atoms with Crippen LogP contribution in [-0.4, -0.2) is 0 Å². The fourth-order valence-corrected chi connectivity index (χ4v) is 12.4. The summed E-state index contributed by atoms with van der Waals surface area (Å²) in [6, 6.07) is 84.5. The van der Waals surface area contributed by atoms with E-state index in [1.807, 2.05) is 0 Å². The van der Waals surface area contributed by atoms with Gasteiger partial charge in [0.1, 0.15) is 23.0 Å². The van der Waals surface area contributed by atoms with Gasteiger partial charge in [-0.2, -0.15) is 0 Å². The third-order valence-corrected chi connectivity index (χ3v) is 16.0. The van der Waals surface area contributed by atoms with E-state index in [9.17, 15) is 0 Å². The topological polar surface area (TPSA) is 18.5 Å². The van der Waals surface area contributed by atoms with E-state index in [1.54, 1.807) is 0 Å². The van der Waals surface area contributed by atoms with Crippen molar-refractivity contribution in [1.82, 2.24) is 0 Å². The van der Waals surface area contributed by atoms with Crippen molar-refractivity contribution in [3.8, 4) is 78.6 Å². The maximum absolute atomic E-state index is 7.06. The molecule has 0 spiro atoms. The molecule has 0 fully saturated rings. The van der Waals surface area contributed by atoms with Crippen molar-refractivity contribution in [2.45, 2.75) is 38.5 Å². The van der Waals surface area contributed by atoms with Crippen molar-refractivity contribution < 1.29 is 9.47 Å². The lowest BCUT2D eigenvalue weighted by molar-refractivity contribution is 0.419. The highest BCUT2D eigenvalue weighted by Gasteiger charge is 2.37. The van der Waals surface area contributed by atoms with Crippen molar-refractivity contribution in [2.75, 3.05) is 0 Å². The Balaban J connectivity index is 1.14. The Morgan fingerprint density at radius 1 is 0.250 bits per heavy atom. The molecule has 12 aromatic rings. The molecule has 12 aromatic carbocycles. The molecule has 0 atom stereocenters. The molecule has 342 valence electrons. The molecule has 2 aliphatic rings. The van der Waals surface area contributed by atoms with E-state index < -0.39 is 0 Å². The van der Waals surface area contributed by atoms with Crippen molar-refractivity contribution >= 4 is 43.1 Å². The molecular weight excluding hydrogens is 873 g/mol. The largest absolute Gasteiger partial charge is 0.456 e. The molecule has 14 rings (SSSR count). The summed E-state index contributed by atoms with van der Waals surface area (Å²) in [6.45, 7) is 9.27. The molecule has 2 nitrogen and oxygen atoms in total. The van der Waals surface area contributed by atoms with Gasteiger partial charge >= 0.3 is 0 Å². The Hall–Kier alpha value is -8.72. The predicted octanol–water partition coefficient (Wildman–Crippen LogP) is 19.5. The summed E-state index contributed by atoms with van der Waals surface area (Å²) in [6.07, 6.45) is 0. The standard InChI is InChI=1S/C70H50O2/c1-69(2)59-35-11-13-39-63(59)71-67-53(33-19-37-61(67)69)47-27-17-31-51-57(47)42-58-48(54-34-20-38-62-68(54)72-64-40-14-12-36-60(64)70(62,3)4)28-18-32-52(58)66(51)65-49-29-15-25-45(43-21-7-5-8-22-43)55(49)41-56-46(26-16-30-50(56)65)44-23-9-6-10-24-44/h5-42H,1-4H3. The van der Waals surface area contributed by atoms with Gasteiger partial charge in [-0.05, 0) is 112 Å². The van der Waals surface area contributed by atoms with Crippen LogP contribution in [0, 0.1) is 0 Å². The van der Waals surface area contributed by atoms with E-state index >= 15 is 0 Å². The lowest BCUT2D eigenvalue weighted by atomic mass is 9.74. The van der Waals surface area contributed by atoms with Crippen molar-refractivity contribution in [1.29, 1.82) is 0 Å². The van der Waals surface area contributed by atoms with Crippen LogP contribution in [0.3, 0.4) is 0 Å². The number of hydrogen-bond acceptors (Lipinski definition) is 2. The van der Waals surface area contributed by atoms with Gasteiger partial charge in [-0.3, -0.25) is 0 Å². The summed E-state index contributed by atoms with van der Waals surface area (Å²) in [5.41, 5.74) is 15.8. The minimum Gasteiger partial charge on any atom is -0.456 e. The Morgan fingerprint density at radius 2 is 0.556 bits per heavy atom. The molecule has 0 N–H and O–H groups in total. The lowest BCUT2D eigenvalue weighted by Crippen LogP contribution is -2.24. The molecule has 0 amide bonds. The molecular formula is C70H50O2. The maximum Gasteiger partial charge on any atom is 0.139 e. The first kappa shape index (κ1) is 42.2. The summed E-state index contributed by atoms with van der Waals surface area (Å²) in [5, 5.41) is 9.50. The summed E-state index contributed by atoms with van der Waals surface area (Å²) < 4.78 is 14.1. The van der Waals surface area contributed by atoms with Gasteiger partial charge in [-0.25, -0.2) is 0 Å². The summed E-state index contributed by atoms with van der Waals surface area (Å²) in [7, 11) is 0. The fraction of sp³-hybridized carbons (Fsp3) is 0.0857. The van der Waals surface area contributed by atoms with E-state index in [4.69, 9.17) is 9.47 Å². The van der Waals surface area contributed by atoms with E-state index in [0.29, 0.717) is 0 Å². The average molecular weight is 923 g/mol. The summed E-state index contributed by atoms with van der Waals surface area (Å²) in [4.78, 5) is 0. The SMILES string of the molecule is CC1(C)c2ccccc2Oc2c(-c3cccc4c(-c5c6cccc(-c7ccccc7)c6cc6c(-c7ccccc7)cccc56)c5cccc(-c6cccc7c6Oc6ccccc6C7(C)C)c5cc34)cccc21. The van der Waals surface area contributed by atoms with Crippen LogP contribution in [0.1, 0.15) is 49.9 Å². The van der Waals surface area contributed by atoms with Gasteiger partial charge in [0.15, 0.2) is 0 Å². The van der Waals surface area contributed by atoms with E-state index in [1.165, 1.54) is 88.0 Å². The van der Waals surface area contributed by atoms with Crippen LogP contribution in [0.2, 0.25) is 0 Å². The van der Waals surface area contributed by atoms with Crippen LogP contribution >= 0.6 is 0 Å². The number of benzene rings is 12. The van der Waals surface area contributed by atoms with Gasteiger partial charge in [0, 0.05) is 44.2 Å². The quantitative estimate of drug-likeness (QED) is 0.160. The van der Waals surface area contributed by atoms with Crippen LogP contribution in [0.15, 0.2) is 231 Å². The van der Waals surface area contributed by atoms with Crippen LogP contribution in [0.4, 0.5) is 0 Å². The van der Waals surface area contributed by atoms with Crippen LogP contribution in [-0.2, 0) is 10.8 Å². The van der Waals surface area contributed by atoms with Gasteiger partial charge in [-0.1, -0.05) is 234 Å². The highest BCUT2D eigenvalue weighted by Crippen LogP contribution is 2.56. The second kappa shape index (κ2) is 15.9. The lowest BCUT2D eigenvalue weighted by Gasteiger charge is -2.35. The van der Waals surface area contributed by atoms with E-state index in [-0.39, 0.29) is 10.8 Å². The molecule has 72 heavy (non-hydrogen) atoms. The monoisotopic (exact) mass is 922 g/mol. The molecule has 2 heteroatoms. The average Bonchev–Trinajstić information content (AvgIpc) is 3.42. The van der Waals surface area contributed by atoms with Crippen LogP contribution in [0.5, 0.6) is 23.0 Å². The summed E-state index contributed by atoms with van der Waals surface area (Å²) >= 11 is 0. The van der Waals surface area contributed by atoms with Gasteiger partial charge in [-0.15, -0.1) is 0 Å². The second-order valence-corrected chi connectivity index (χ2v) is 20.6. The third kappa shape index (κ3) is 6.22. The zero-order valence-corrected chi connectivity index (χ0v) is 40.8. The molecule has 0 aliphatic carbocycles. The van der Waals surface area contributed by atoms with Crippen molar-refractivity contribution in [3.05, 3.63) is 253 Å². The zero-order valence-electron chi connectivity index (χ0n) is 40.8. The van der Waals surface area contributed by atoms with E-state index in [0.717, 1.165) is 56.0 Å². The molecule has 2 aliphatic heterocycles. The smallest absolute Gasteiger partial charge is 0.139 e. The first-order chi connectivity index (χ1) is 35.3. The summed E-state index contributed by atoms with van der Waals surface area (Å²) in [5.74, 6) is 3.62. The minimum absolute atomic E-state index is 0.274. The Labute approximate surface area is 420 Å². The molecule has 0 radical (unpaired) electrons. The van der Waals surface area contributed by atoms with Crippen LogP contribution < -0.4 is 9.47 Å². The number of fused-ring (bicyclic) bond motifs is 8. The van der Waals surface area contributed by atoms with Crippen molar-refractivity contribution in [3.63, 3.8) is 0 Å². The Bertz CT molecular complexity index is 3930. The second-order valence-electron chi connectivity index (χ2n) is 20.6. The Kier molecular flexibility index (Phi) is 9.32. The highest BCUT2D eigenvalue weighted by molar-refractivity contribution is 6.28. The fourth-order valence-electron chi connectivity index (χ4n) is 12.4. The molecule has 0 saturated carbocycles. The predicted molar refractivity (Wildman–Crippen MR) is 301 cm³/mol. The zero-order chi connectivity index (χ0) is 48.3. The minimum atomic E-state index is -0.274. The van der Waals surface area contributed by atoms with Gasteiger partial charge < -0.3 is 9.47 Å². The number of para-hydroxylation sites is 4. The molecule has 0 aromatic heterocycles. The molecule has 0 bridgehead atoms. The number of ether oxygens (including phenoxy) is 2. The Morgan fingerprint density at radius 3 is 0.958 bits per heavy atom. The van der Waals surface area contributed by atoms with Crippen LogP contribution in [0.25, 0.3) is 98.7 Å². The van der Waals surface area contributed by atoms with Gasteiger partial charge in [0.2, 0.25) is 0 Å². The number of rotatable bonds is 5. The molecule has 0 saturated heterocycles. The van der Waals surface area contributed by atoms with Gasteiger partial charge in [0.25, 0.3) is 0 Å². The number of hydrogen-bond donors (Lipinski definition) is 0. The third-order valence-electron chi connectivity index (χ3n) is 16.0. The normalized spacial score (nSPS) is 14.0. The maximum atomic E-state index is 7.06.